The largest absolute Gasteiger partial charge is 0.345 e. The third-order valence-corrected chi connectivity index (χ3v) is 1.62. The van der Waals surface area contributed by atoms with E-state index in [4.69, 9.17) is 6.42 Å². The Hall–Kier alpha value is -0.970. The molecule has 0 bridgehead atoms. The van der Waals surface area contributed by atoms with Crippen molar-refractivity contribution < 1.29 is 4.79 Å². The molecule has 0 aliphatic rings. The second-order valence-electron chi connectivity index (χ2n) is 2.70. The molecule has 1 unspecified atom stereocenters. The maximum atomic E-state index is 11.0. The van der Waals surface area contributed by atoms with Crippen molar-refractivity contribution in [2.24, 2.45) is 5.92 Å². The average Bonchev–Trinajstić information content (AvgIpc) is 2.00. The van der Waals surface area contributed by atoms with Gasteiger partial charge in [-0.05, 0) is 5.92 Å². The Kier molecular flexibility index (Phi) is 5.28. The molecular formula is C9H15NO. The summed E-state index contributed by atoms with van der Waals surface area (Å²) in [5.74, 6) is 2.86. The fraction of sp³-hybridized carbons (Fsp3) is 0.667. The van der Waals surface area contributed by atoms with E-state index in [0.29, 0.717) is 18.9 Å². The summed E-state index contributed by atoms with van der Waals surface area (Å²) in [5.41, 5.74) is 0. The Bertz CT molecular complexity index is 157. The lowest BCUT2D eigenvalue weighted by Crippen LogP contribution is -2.24. The summed E-state index contributed by atoms with van der Waals surface area (Å²) in [5, 5.41) is 2.62. The van der Waals surface area contributed by atoms with E-state index >= 15 is 0 Å². The summed E-state index contributed by atoms with van der Waals surface area (Å²) >= 11 is 0. The number of terminal acetylenes is 1. The van der Waals surface area contributed by atoms with Crippen molar-refractivity contribution in [3.63, 3.8) is 0 Å². The SMILES string of the molecule is C#CCNC(=O)CC(C)CC. The van der Waals surface area contributed by atoms with E-state index < -0.39 is 0 Å². The van der Waals surface area contributed by atoms with Crippen LogP contribution in [0.15, 0.2) is 0 Å². The number of hydrogen-bond acceptors (Lipinski definition) is 1. The Balaban J connectivity index is 3.45. The zero-order valence-electron chi connectivity index (χ0n) is 7.18. The number of carbonyl (C=O) groups excluding carboxylic acids is 1. The molecule has 1 N–H and O–H groups in total. The fourth-order valence-corrected chi connectivity index (χ4v) is 0.683. The highest BCUT2D eigenvalue weighted by atomic mass is 16.1. The second-order valence-corrected chi connectivity index (χ2v) is 2.70. The molecule has 2 heteroatoms. The monoisotopic (exact) mass is 153 g/mol. The van der Waals surface area contributed by atoms with Gasteiger partial charge in [-0.3, -0.25) is 4.79 Å². The van der Waals surface area contributed by atoms with Crippen molar-refractivity contribution in [2.75, 3.05) is 6.54 Å². The quantitative estimate of drug-likeness (QED) is 0.603. The van der Waals surface area contributed by atoms with Gasteiger partial charge < -0.3 is 5.32 Å². The van der Waals surface area contributed by atoms with Crippen LogP contribution >= 0.6 is 0 Å². The fourth-order valence-electron chi connectivity index (χ4n) is 0.683. The van der Waals surface area contributed by atoms with Crippen molar-refractivity contribution in [1.82, 2.24) is 5.32 Å². The molecule has 0 aliphatic carbocycles. The molecule has 0 rings (SSSR count). The van der Waals surface area contributed by atoms with Gasteiger partial charge in [-0.1, -0.05) is 26.2 Å². The van der Waals surface area contributed by atoms with Crippen LogP contribution in [-0.2, 0) is 4.79 Å². The molecule has 0 saturated heterocycles. The lowest BCUT2D eigenvalue weighted by atomic mass is 10.1. The Morgan fingerprint density at radius 1 is 1.73 bits per heavy atom. The smallest absolute Gasteiger partial charge is 0.221 e. The number of carbonyl (C=O) groups is 1. The molecule has 0 saturated carbocycles. The summed E-state index contributed by atoms with van der Waals surface area (Å²) in [4.78, 5) is 11.0. The van der Waals surface area contributed by atoms with Crippen LogP contribution in [0.4, 0.5) is 0 Å². The van der Waals surface area contributed by atoms with E-state index in [1.54, 1.807) is 0 Å². The third kappa shape index (κ3) is 5.47. The van der Waals surface area contributed by atoms with Crippen LogP contribution in [0.5, 0.6) is 0 Å². The minimum Gasteiger partial charge on any atom is -0.345 e. The average molecular weight is 153 g/mol. The summed E-state index contributed by atoms with van der Waals surface area (Å²) in [6.07, 6.45) is 6.59. The molecule has 1 amide bonds. The van der Waals surface area contributed by atoms with Crippen molar-refractivity contribution in [3.05, 3.63) is 0 Å². The predicted molar refractivity (Wildman–Crippen MR) is 45.9 cm³/mol. The van der Waals surface area contributed by atoms with E-state index in [2.05, 4.69) is 25.1 Å². The molecule has 0 heterocycles. The van der Waals surface area contributed by atoms with Crippen molar-refractivity contribution in [2.45, 2.75) is 26.7 Å². The zero-order chi connectivity index (χ0) is 8.69. The minimum atomic E-state index is 0.0531. The van der Waals surface area contributed by atoms with Gasteiger partial charge in [-0.25, -0.2) is 0 Å². The first kappa shape index (κ1) is 10.0. The van der Waals surface area contributed by atoms with Crippen LogP contribution in [-0.4, -0.2) is 12.5 Å². The molecule has 0 aromatic carbocycles. The number of amides is 1. The summed E-state index contributed by atoms with van der Waals surface area (Å²) in [6, 6.07) is 0. The van der Waals surface area contributed by atoms with Gasteiger partial charge in [-0.2, -0.15) is 0 Å². The lowest BCUT2D eigenvalue weighted by Gasteiger charge is -2.06. The van der Waals surface area contributed by atoms with E-state index in [0.717, 1.165) is 6.42 Å². The highest BCUT2D eigenvalue weighted by Crippen LogP contribution is 2.04. The first-order valence-electron chi connectivity index (χ1n) is 3.90. The topological polar surface area (TPSA) is 29.1 Å². The van der Waals surface area contributed by atoms with Gasteiger partial charge in [0, 0.05) is 6.42 Å². The molecule has 1 atom stereocenters. The highest BCUT2D eigenvalue weighted by molar-refractivity contribution is 5.76. The molecule has 0 fully saturated rings. The zero-order valence-corrected chi connectivity index (χ0v) is 7.18. The van der Waals surface area contributed by atoms with Crippen LogP contribution in [0.1, 0.15) is 26.7 Å². The van der Waals surface area contributed by atoms with Crippen LogP contribution < -0.4 is 5.32 Å². The second kappa shape index (κ2) is 5.79. The standard InChI is InChI=1S/C9H15NO/c1-4-6-10-9(11)7-8(3)5-2/h1,8H,5-7H2,2-3H3,(H,10,11). The van der Waals surface area contributed by atoms with E-state index in [-0.39, 0.29) is 5.91 Å². The molecule has 0 aromatic rings. The Morgan fingerprint density at radius 2 is 2.36 bits per heavy atom. The Morgan fingerprint density at radius 3 is 2.82 bits per heavy atom. The molecule has 62 valence electrons. The number of nitrogens with one attached hydrogen (secondary N) is 1. The molecule has 0 spiro atoms. The molecule has 0 aromatic heterocycles. The molecule has 11 heavy (non-hydrogen) atoms. The van der Waals surface area contributed by atoms with Gasteiger partial charge in [0.25, 0.3) is 0 Å². The van der Waals surface area contributed by atoms with Crippen molar-refractivity contribution >= 4 is 5.91 Å². The van der Waals surface area contributed by atoms with Gasteiger partial charge in [0.15, 0.2) is 0 Å². The highest BCUT2D eigenvalue weighted by Gasteiger charge is 2.04. The van der Waals surface area contributed by atoms with Crippen LogP contribution in [0.3, 0.4) is 0 Å². The molecule has 0 radical (unpaired) electrons. The van der Waals surface area contributed by atoms with Gasteiger partial charge >= 0.3 is 0 Å². The van der Waals surface area contributed by atoms with Gasteiger partial charge in [0.2, 0.25) is 5.91 Å². The Labute approximate surface area is 68.4 Å². The normalized spacial score (nSPS) is 11.7. The number of rotatable bonds is 4. The molecule has 0 aliphatic heterocycles. The predicted octanol–water partition coefficient (Wildman–Crippen LogP) is 1.17. The van der Waals surface area contributed by atoms with E-state index in [1.165, 1.54) is 0 Å². The van der Waals surface area contributed by atoms with Crippen molar-refractivity contribution in [1.29, 1.82) is 0 Å². The van der Waals surface area contributed by atoms with Crippen LogP contribution in [0, 0.1) is 18.3 Å². The number of hydrogen-bond donors (Lipinski definition) is 1. The van der Waals surface area contributed by atoms with Crippen LogP contribution in [0.25, 0.3) is 0 Å². The van der Waals surface area contributed by atoms with Gasteiger partial charge in [-0.15, -0.1) is 6.42 Å². The lowest BCUT2D eigenvalue weighted by molar-refractivity contribution is -0.121. The summed E-state index contributed by atoms with van der Waals surface area (Å²) < 4.78 is 0. The van der Waals surface area contributed by atoms with Gasteiger partial charge in [0.1, 0.15) is 0 Å². The summed E-state index contributed by atoms with van der Waals surface area (Å²) in [6.45, 7) is 4.46. The van der Waals surface area contributed by atoms with Crippen molar-refractivity contribution in [3.8, 4) is 12.3 Å². The first-order chi connectivity index (χ1) is 5.20. The maximum absolute atomic E-state index is 11.0. The molecule has 2 nitrogen and oxygen atoms in total. The minimum absolute atomic E-state index is 0.0531. The van der Waals surface area contributed by atoms with E-state index in [1.807, 2.05) is 0 Å². The third-order valence-electron chi connectivity index (χ3n) is 1.62. The molecular weight excluding hydrogens is 138 g/mol. The maximum Gasteiger partial charge on any atom is 0.221 e. The first-order valence-corrected chi connectivity index (χ1v) is 3.90. The van der Waals surface area contributed by atoms with Crippen LogP contribution in [0.2, 0.25) is 0 Å². The summed E-state index contributed by atoms with van der Waals surface area (Å²) in [7, 11) is 0. The van der Waals surface area contributed by atoms with E-state index in [9.17, 15) is 4.79 Å². The van der Waals surface area contributed by atoms with Gasteiger partial charge in [0.05, 0.1) is 6.54 Å².